The lowest BCUT2D eigenvalue weighted by atomic mass is 9.87. The SMILES string of the molecule is CC(O)CCNC(=O)NCC(C)(C)CC(C)O. The van der Waals surface area contributed by atoms with Gasteiger partial charge in [0.15, 0.2) is 0 Å². The molecular weight excluding hydrogens is 220 g/mol. The molecular formula is C12H26N2O3. The fraction of sp³-hybridized carbons (Fsp3) is 0.917. The van der Waals surface area contributed by atoms with E-state index in [4.69, 9.17) is 5.11 Å². The van der Waals surface area contributed by atoms with Gasteiger partial charge in [0, 0.05) is 13.1 Å². The largest absolute Gasteiger partial charge is 0.393 e. The van der Waals surface area contributed by atoms with Crippen molar-refractivity contribution < 1.29 is 15.0 Å². The van der Waals surface area contributed by atoms with Gasteiger partial charge in [0.25, 0.3) is 0 Å². The van der Waals surface area contributed by atoms with E-state index in [0.717, 1.165) is 0 Å². The van der Waals surface area contributed by atoms with E-state index < -0.39 is 6.10 Å². The van der Waals surface area contributed by atoms with Crippen molar-refractivity contribution in [1.82, 2.24) is 10.6 Å². The van der Waals surface area contributed by atoms with Gasteiger partial charge in [-0.3, -0.25) is 0 Å². The Morgan fingerprint density at radius 2 is 1.76 bits per heavy atom. The van der Waals surface area contributed by atoms with Crippen molar-refractivity contribution in [2.45, 2.75) is 52.7 Å². The first-order valence-corrected chi connectivity index (χ1v) is 6.11. The Morgan fingerprint density at radius 1 is 1.18 bits per heavy atom. The summed E-state index contributed by atoms with van der Waals surface area (Å²) >= 11 is 0. The van der Waals surface area contributed by atoms with E-state index in [-0.39, 0.29) is 17.6 Å². The maximum atomic E-state index is 11.4. The van der Waals surface area contributed by atoms with Crippen molar-refractivity contribution in [1.29, 1.82) is 0 Å². The molecule has 5 heteroatoms. The number of urea groups is 1. The zero-order valence-corrected chi connectivity index (χ0v) is 11.3. The van der Waals surface area contributed by atoms with Crippen LogP contribution in [0.15, 0.2) is 0 Å². The Bertz CT molecular complexity index is 228. The van der Waals surface area contributed by atoms with Crippen LogP contribution in [0.25, 0.3) is 0 Å². The van der Waals surface area contributed by atoms with Crippen molar-refractivity contribution in [2.24, 2.45) is 5.41 Å². The molecule has 4 N–H and O–H groups in total. The van der Waals surface area contributed by atoms with Crippen molar-refractivity contribution in [2.75, 3.05) is 13.1 Å². The van der Waals surface area contributed by atoms with Gasteiger partial charge in [-0.1, -0.05) is 13.8 Å². The molecule has 0 aromatic rings. The first-order valence-electron chi connectivity index (χ1n) is 6.11. The van der Waals surface area contributed by atoms with Crippen molar-refractivity contribution in [3.8, 4) is 0 Å². The Balaban J connectivity index is 3.75. The maximum absolute atomic E-state index is 11.4. The van der Waals surface area contributed by atoms with E-state index >= 15 is 0 Å². The summed E-state index contributed by atoms with van der Waals surface area (Å²) in [5.41, 5.74) is -0.129. The maximum Gasteiger partial charge on any atom is 0.314 e. The van der Waals surface area contributed by atoms with Crippen LogP contribution in [0.5, 0.6) is 0 Å². The third-order valence-electron chi connectivity index (χ3n) is 2.42. The number of hydrogen-bond acceptors (Lipinski definition) is 3. The molecule has 0 rings (SSSR count). The fourth-order valence-corrected chi connectivity index (χ4v) is 1.65. The number of aliphatic hydroxyl groups is 2. The summed E-state index contributed by atoms with van der Waals surface area (Å²) in [5.74, 6) is 0. The quantitative estimate of drug-likeness (QED) is 0.537. The van der Waals surface area contributed by atoms with Crippen LogP contribution >= 0.6 is 0 Å². The lowest BCUT2D eigenvalue weighted by Gasteiger charge is -2.26. The Labute approximate surface area is 104 Å². The lowest BCUT2D eigenvalue weighted by molar-refractivity contribution is 0.128. The molecule has 0 aliphatic rings. The minimum absolute atomic E-state index is 0.129. The summed E-state index contributed by atoms with van der Waals surface area (Å²) < 4.78 is 0. The Kier molecular flexibility index (Phi) is 7.15. The third kappa shape index (κ3) is 10.1. The molecule has 2 unspecified atom stereocenters. The number of nitrogens with one attached hydrogen (secondary N) is 2. The first-order chi connectivity index (χ1) is 7.73. The average molecular weight is 246 g/mol. The van der Waals surface area contributed by atoms with E-state index in [1.54, 1.807) is 13.8 Å². The number of rotatable bonds is 7. The van der Waals surface area contributed by atoms with Crippen LogP contribution in [0, 0.1) is 5.41 Å². The van der Waals surface area contributed by atoms with E-state index in [0.29, 0.717) is 25.9 Å². The summed E-state index contributed by atoms with van der Waals surface area (Å²) in [7, 11) is 0. The normalized spacial score (nSPS) is 15.2. The topological polar surface area (TPSA) is 81.6 Å². The molecule has 17 heavy (non-hydrogen) atoms. The molecule has 0 saturated heterocycles. The number of hydrogen-bond donors (Lipinski definition) is 4. The lowest BCUT2D eigenvalue weighted by Crippen LogP contribution is -2.42. The number of carbonyl (C=O) groups is 1. The van der Waals surface area contributed by atoms with E-state index in [1.807, 2.05) is 13.8 Å². The monoisotopic (exact) mass is 246 g/mol. The molecule has 0 aliphatic carbocycles. The highest BCUT2D eigenvalue weighted by atomic mass is 16.3. The van der Waals surface area contributed by atoms with Gasteiger partial charge in [0.2, 0.25) is 0 Å². The zero-order valence-electron chi connectivity index (χ0n) is 11.3. The summed E-state index contributed by atoms with van der Waals surface area (Å²) in [6.45, 7) is 8.39. The second kappa shape index (κ2) is 7.50. The molecule has 0 saturated carbocycles. The van der Waals surface area contributed by atoms with Crippen molar-refractivity contribution >= 4 is 6.03 Å². The van der Waals surface area contributed by atoms with Gasteiger partial charge >= 0.3 is 6.03 Å². The smallest absolute Gasteiger partial charge is 0.314 e. The van der Waals surface area contributed by atoms with Crippen LogP contribution < -0.4 is 10.6 Å². The highest BCUT2D eigenvalue weighted by Crippen LogP contribution is 2.20. The number of aliphatic hydroxyl groups excluding tert-OH is 2. The molecule has 5 nitrogen and oxygen atoms in total. The summed E-state index contributed by atoms with van der Waals surface area (Å²) in [4.78, 5) is 11.4. The number of carbonyl (C=O) groups excluding carboxylic acids is 1. The molecule has 0 fully saturated rings. The Morgan fingerprint density at radius 3 is 2.24 bits per heavy atom. The summed E-state index contributed by atoms with van der Waals surface area (Å²) in [6, 6.07) is -0.232. The molecule has 0 heterocycles. The van der Waals surface area contributed by atoms with Gasteiger partial charge in [-0.25, -0.2) is 4.79 Å². The minimum Gasteiger partial charge on any atom is -0.393 e. The predicted molar refractivity (Wildman–Crippen MR) is 67.8 cm³/mol. The summed E-state index contributed by atoms with van der Waals surface area (Å²) in [5, 5.41) is 23.8. The van der Waals surface area contributed by atoms with Gasteiger partial charge in [0.05, 0.1) is 12.2 Å². The Hall–Kier alpha value is -0.810. The fourth-order valence-electron chi connectivity index (χ4n) is 1.65. The second-order valence-electron chi connectivity index (χ2n) is 5.46. The molecule has 0 spiro atoms. The zero-order chi connectivity index (χ0) is 13.5. The van der Waals surface area contributed by atoms with Crippen LogP contribution in [-0.2, 0) is 0 Å². The van der Waals surface area contributed by atoms with Crippen LogP contribution in [0.4, 0.5) is 4.79 Å². The van der Waals surface area contributed by atoms with E-state index in [1.165, 1.54) is 0 Å². The third-order valence-corrected chi connectivity index (χ3v) is 2.42. The van der Waals surface area contributed by atoms with Crippen LogP contribution in [0.3, 0.4) is 0 Å². The van der Waals surface area contributed by atoms with Crippen LogP contribution in [0.2, 0.25) is 0 Å². The minimum atomic E-state index is -0.401. The van der Waals surface area contributed by atoms with Gasteiger partial charge in [-0.15, -0.1) is 0 Å². The van der Waals surface area contributed by atoms with Crippen LogP contribution in [-0.4, -0.2) is 41.5 Å². The summed E-state index contributed by atoms with van der Waals surface area (Å²) in [6.07, 6.45) is 0.415. The molecule has 0 aromatic carbocycles. The van der Waals surface area contributed by atoms with Gasteiger partial charge in [0.1, 0.15) is 0 Å². The molecule has 2 atom stereocenters. The van der Waals surface area contributed by atoms with Crippen molar-refractivity contribution in [3.63, 3.8) is 0 Å². The molecule has 0 aliphatic heterocycles. The predicted octanol–water partition coefficient (Wildman–Crippen LogP) is 0.854. The van der Waals surface area contributed by atoms with E-state index in [9.17, 15) is 9.90 Å². The highest BCUT2D eigenvalue weighted by Gasteiger charge is 2.20. The van der Waals surface area contributed by atoms with Gasteiger partial charge in [-0.2, -0.15) is 0 Å². The average Bonchev–Trinajstić information content (AvgIpc) is 2.12. The van der Waals surface area contributed by atoms with Crippen molar-refractivity contribution in [3.05, 3.63) is 0 Å². The molecule has 0 bridgehead atoms. The second-order valence-corrected chi connectivity index (χ2v) is 5.46. The molecule has 2 amide bonds. The number of amides is 2. The molecule has 0 aromatic heterocycles. The van der Waals surface area contributed by atoms with Gasteiger partial charge in [-0.05, 0) is 32.1 Å². The highest BCUT2D eigenvalue weighted by molar-refractivity contribution is 5.73. The first kappa shape index (κ1) is 16.2. The standard InChI is InChI=1S/C12H26N2O3/c1-9(15)5-6-13-11(17)14-8-12(3,4)7-10(2)16/h9-10,15-16H,5-8H2,1-4H3,(H2,13,14,17). The van der Waals surface area contributed by atoms with E-state index in [2.05, 4.69) is 10.6 Å². The van der Waals surface area contributed by atoms with Crippen LogP contribution in [0.1, 0.15) is 40.5 Å². The van der Waals surface area contributed by atoms with Gasteiger partial charge < -0.3 is 20.8 Å². The molecule has 102 valence electrons. The molecule has 0 radical (unpaired) electrons.